The molecule has 0 saturated carbocycles. The number of sulfone groups is 1. The monoisotopic (exact) mass is 444 g/mol. The highest BCUT2D eigenvalue weighted by molar-refractivity contribution is 7.91. The van der Waals surface area contributed by atoms with Crippen LogP contribution >= 0.6 is 0 Å². The fourth-order valence-corrected chi connectivity index (χ4v) is 5.87. The van der Waals surface area contributed by atoms with Crippen LogP contribution in [-0.2, 0) is 9.84 Å². The number of amides is 2. The predicted molar refractivity (Wildman–Crippen MR) is 128 cm³/mol. The van der Waals surface area contributed by atoms with Gasteiger partial charge in [0.1, 0.15) is 0 Å². The topological polar surface area (TPSA) is 66.5 Å². The maximum Gasteiger partial charge on any atom is 0.317 e. The molecule has 0 radical (unpaired) electrons. The van der Waals surface area contributed by atoms with E-state index in [-0.39, 0.29) is 23.6 Å². The minimum Gasteiger partial charge on any atom is -0.334 e. The molecule has 1 aliphatic rings. The van der Waals surface area contributed by atoms with Gasteiger partial charge >= 0.3 is 6.03 Å². The maximum absolute atomic E-state index is 12.1. The molecule has 1 aliphatic heterocycles. The van der Waals surface area contributed by atoms with E-state index >= 15 is 0 Å². The first kappa shape index (κ1) is 27.3. The van der Waals surface area contributed by atoms with Crippen molar-refractivity contribution >= 4 is 15.9 Å². The van der Waals surface area contributed by atoms with E-state index in [0.717, 1.165) is 19.4 Å². The summed E-state index contributed by atoms with van der Waals surface area (Å²) in [6.07, 6.45) is 22.0. The Balaban J connectivity index is 1.83. The molecule has 30 heavy (non-hydrogen) atoms. The second-order valence-electron chi connectivity index (χ2n) is 9.27. The lowest BCUT2D eigenvalue weighted by Crippen LogP contribution is -2.43. The van der Waals surface area contributed by atoms with E-state index in [1.54, 1.807) is 11.9 Å². The van der Waals surface area contributed by atoms with Crippen molar-refractivity contribution in [3.05, 3.63) is 0 Å². The zero-order valence-corrected chi connectivity index (χ0v) is 20.6. The van der Waals surface area contributed by atoms with Gasteiger partial charge in [0.15, 0.2) is 9.84 Å². The molecule has 0 spiro atoms. The van der Waals surface area contributed by atoms with Crippen molar-refractivity contribution in [3.63, 3.8) is 0 Å². The van der Waals surface area contributed by atoms with E-state index in [0.29, 0.717) is 6.42 Å². The number of nitrogens with zero attached hydrogens (tertiary/aromatic N) is 1. The van der Waals surface area contributed by atoms with Crippen LogP contribution in [0.25, 0.3) is 0 Å². The van der Waals surface area contributed by atoms with Crippen LogP contribution in [0.15, 0.2) is 0 Å². The van der Waals surface area contributed by atoms with E-state index in [9.17, 15) is 13.2 Å². The number of carbonyl (C=O) groups excluding carboxylic acids is 1. The molecule has 1 fully saturated rings. The highest BCUT2D eigenvalue weighted by atomic mass is 32.2. The summed E-state index contributed by atoms with van der Waals surface area (Å²) in [5.41, 5.74) is 0. The normalized spacial score (nSPS) is 17.9. The van der Waals surface area contributed by atoms with Crippen molar-refractivity contribution in [1.29, 1.82) is 0 Å². The van der Waals surface area contributed by atoms with Crippen LogP contribution in [0, 0.1) is 0 Å². The quantitative estimate of drug-likeness (QED) is 0.261. The summed E-state index contributed by atoms with van der Waals surface area (Å²) < 4.78 is 22.9. The van der Waals surface area contributed by atoms with E-state index in [1.807, 2.05) is 0 Å². The molecule has 6 heteroatoms. The van der Waals surface area contributed by atoms with Crippen molar-refractivity contribution in [2.75, 3.05) is 25.1 Å². The van der Waals surface area contributed by atoms with Crippen LogP contribution in [0.1, 0.15) is 116 Å². The summed E-state index contributed by atoms with van der Waals surface area (Å²) in [5, 5.41) is 2.85. The first-order valence-corrected chi connectivity index (χ1v) is 14.5. The van der Waals surface area contributed by atoms with Gasteiger partial charge in [0.25, 0.3) is 0 Å². The van der Waals surface area contributed by atoms with Gasteiger partial charge in [0, 0.05) is 19.6 Å². The van der Waals surface area contributed by atoms with Gasteiger partial charge in [-0.2, -0.15) is 0 Å². The highest BCUT2D eigenvalue weighted by Gasteiger charge is 2.29. The predicted octanol–water partition coefficient (Wildman–Crippen LogP) is 6.08. The van der Waals surface area contributed by atoms with Gasteiger partial charge in [-0.05, 0) is 12.8 Å². The molecule has 1 saturated heterocycles. The number of hydrogen-bond acceptors (Lipinski definition) is 3. The van der Waals surface area contributed by atoms with Gasteiger partial charge in [0.05, 0.1) is 11.5 Å². The highest BCUT2D eigenvalue weighted by Crippen LogP contribution is 2.14. The molecule has 0 aromatic heterocycles. The Morgan fingerprint density at radius 1 is 0.800 bits per heavy atom. The molecule has 0 aromatic carbocycles. The van der Waals surface area contributed by atoms with Crippen LogP contribution < -0.4 is 5.32 Å². The van der Waals surface area contributed by atoms with Crippen molar-refractivity contribution in [1.82, 2.24) is 10.2 Å². The summed E-state index contributed by atoms with van der Waals surface area (Å²) in [6.45, 7) is 3.01. The van der Waals surface area contributed by atoms with Crippen molar-refractivity contribution < 1.29 is 13.2 Å². The second kappa shape index (κ2) is 16.9. The van der Waals surface area contributed by atoms with Gasteiger partial charge in [-0.15, -0.1) is 0 Å². The van der Waals surface area contributed by atoms with E-state index in [1.165, 1.54) is 89.9 Å². The molecule has 0 aromatic rings. The first-order valence-electron chi connectivity index (χ1n) is 12.7. The van der Waals surface area contributed by atoms with Crippen LogP contribution in [0.3, 0.4) is 0 Å². The lowest BCUT2D eigenvalue weighted by atomic mass is 10.0. The van der Waals surface area contributed by atoms with E-state index in [4.69, 9.17) is 0 Å². The fourth-order valence-electron chi connectivity index (χ4n) is 4.19. The Bertz CT molecular complexity index is 537. The van der Waals surface area contributed by atoms with E-state index < -0.39 is 9.84 Å². The maximum atomic E-state index is 12.1. The summed E-state index contributed by atoms with van der Waals surface area (Å²) in [5.74, 6) is 0.284. The number of rotatable bonds is 18. The molecule has 1 atom stereocenters. The molecule has 2 amide bonds. The van der Waals surface area contributed by atoms with Crippen LogP contribution in [0.2, 0.25) is 0 Å². The van der Waals surface area contributed by atoms with Crippen molar-refractivity contribution in [2.45, 2.75) is 122 Å². The van der Waals surface area contributed by atoms with Crippen LogP contribution in [-0.4, -0.2) is 50.5 Å². The molecule has 0 aliphatic carbocycles. The Labute approximate surface area is 186 Å². The number of nitrogens with one attached hydrogen (secondary N) is 1. The van der Waals surface area contributed by atoms with Gasteiger partial charge < -0.3 is 10.2 Å². The van der Waals surface area contributed by atoms with Gasteiger partial charge in [-0.1, -0.05) is 103 Å². The lowest BCUT2D eigenvalue weighted by Gasteiger charge is -2.20. The van der Waals surface area contributed by atoms with Crippen molar-refractivity contribution in [2.24, 2.45) is 0 Å². The molecular weight excluding hydrogens is 396 g/mol. The molecular formula is C24H48N2O3S. The summed E-state index contributed by atoms with van der Waals surface area (Å²) >= 11 is 0. The minimum atomic E-state index is -2.94. The largest absolute Gasteiger partial charge is 0.334 e. The second-order valence-corrected chi connectivity index (χ2v) is 11.5. The molecule has 178 valence electrons. The van der Waals surface area contributed by atoms with Crippen LogP contribution in [0.4, 0.5) is 4.79 Å². The standard InChI is InChI=1S/C24H48N2O3S/c1-3-4-5-6-7-8-9-10-11-12-13-14-15-16-17-18-20-26(2)24(27)25-23-19-21-30(28,29)22-23/h23H,3-22H2,1-2H3,(H,25,27). The third-order valence-electron chi connectivity index (χ3n) is 6.25. The van der Waals surface area contributed by atoms with Gasteiger partial charge in [0.2, 0.25) is 0 Å². The first-order chi connectivity index (χ1) is 14.4. The summed E-state index contributed by atoms with van der Waals surface area (Å²) in [4.78, 5) is 13.8. The number of urea groups is 1. The average Bonchev–Trinajstić information content (AvgIpc) is 3.05. The zero-order chi connectivity index (χ0) is 22.1. The van der Waals surface area contributed by atoms with E-state index in [2.05, 4.69) is 12.2 Å². The Morgan fingerprint density at radius 2 is 1.23 bits per heavy atom. The lowest BCUT2D eigenvalue weighted by molar-refractivity contribution is 0.204. The molecule has 1 unspecified atom stereocenters. The SMILES string of the molecule is CCCCCCCCCCCCCCCCCCN(C)C(=O)NC1CCS(=O)(=O)C1. The van der Waals surface area contributed by atoms with Gasteiger partial charge in [-0.3, -0.25) is 0 Å². The zero-order valence-electron chi connectivity index (χ0n) is 19.8. The summed E-state index contributed by atoms with van der Waals surface area (Å²) in [6, 6.07) is -0.353. The molecule has 1 rings (SSSR count). The summed E-state index contributed by atoms with van der Waals surface area (Å²) in [7, 11) is -1.15. The Kier molecular flexibility index (Phi) is 15.3. The van der Waals surface area contributed by atoms with Crippen molar-refractivity contribution in [3.8, 4) is 0 Å². The fraction of sp³-hybridized carbons (Fsp3) is 0.958. The van der Waals surface area contributed by atoms with Gasteiger partial charge in [-0.25, -0.2) is 13.2 Å². The molecule has 1 heterocycles. The third kappa shape index (κ3) is 14.3. The Morgan fingerprint density at radius 3 is 1.63 bits per heavy atom. The number of unbranched alkanes of at least 4 members (excludes halogenated alkanes) is 15. The Hall–Kier alpha value is -0.780. The minimum absolute atomic E-state index is 0.0889. The smallest absolute Gasteiger partial charge is 0.317 e. The van der Waals surface area contributed by atoms with Crippen LogP contribution in [0.5, 0.6) is 0 Å². The molecule has 1 N–H and O–H groups in total. The molecule has 0 bridgehead atoms. The average molecular weight is 445 g/mol. The number of hydrogen-bond donors (Lipinski definition) is 1. The molecule has 5 nitrogen and oxygen atoms in total. The third-order valence-corrected chi connectivity index (χ3v) is 8.02. The number of carbonyl (C=O) groups is 1.